The van der Waals surface area contributed by atoms with Crippen LogP contribution in [-0.4, -0.2) is 11.7 Å². The molecular weight excluding hydrogens is 248 g/mol. The van der Waals surface area contributed by atoms with Crippen LogP contribution in [0.4, 0.5) is 5.69 Å². The van der Waals surface area contributed by atoms with E-state index in [9.17, 15) is 5.11 Å². The summed E-state index contributed by atoms with van der Waals surface area (Å²) in [5.74, 6) is 0.317. The molecule has 0 saturated heterocycles. The molecule has 0 aliphatic carbocycles. The third kappa shape index (κ3) is 2.49. The highest BCUT2D eigenvalue weighted by atomic mass is 16.3. The van der Waals surface area contributed by atoms with Gasteiger partial charge in [-0.25, -0.2) is 0 Å². The highest BCUT2D eigenvalue weighted by Crippen LogP contribution is 2.31. The van der Waals surface area contributed by atoms with Crippen molar-refractivity contribution in [3.63, 3.8) is 0 Å². The maximum Gasteiger partial charge on any atom is 0.115 e. The summed E-state index contributed by atoms with van der Waals surface area (Å²) in [4.78, 5) is 2.38. The fourth-order valence-corrected chi connectivity index (χ4v) is 2.76. The quantitative estimate of drug-likeness (QED) is 0.899. The van der Waals surface area contributed by atoms with Crippen molar-refractivity contribution in [2.24, 2.45) is 5.73 Å². The number of phenolic OH excluding ortho intramolecular Hbond substituents is 1. The lowest BCUT2D eigenvalue weighted by Gasteiger charge is -2.20. The minimum Gasteiger partial charge on any atom is -0.508 e. The Morgan fingerprint density at radius 1 is 1.20 bits per heavy atom. The predicted octanol–water partition coefficient (Wildman–Crippen LogP) is 2.97. The van der Waals surface area contributed by atoms with Gasteiger partial charge in [-0.05, 0) is 48.2 Å². The van der Waals surface area contributed by atoms with Gasteiger partial charge in [-0.1, -0.05) is 24.3 Å². The summed E-state index contributed by atoms with van der Waals surface area (Å²) in [5, 5.41) is 9.33. The number of anilines is 1. The molecule has 1 heterocycles. The molecule has 0 saturated carbocycles. The van der Waals surface area contributed by atoms with Crippen molar-refractivity contribution in [1.29, 1.82) is 0 Å². The van der Waals surface area contributed by atoms with E-state index in [4.69, 9.17) is 5.73 Å². The van der Waals surface area contributed by atoms with Crippen LogP contribution in [0.2, 0.25) is 0 Å². The minimum atomic E-state index is 0.0893. The fraction of sp³-hybridized carbons (Fsp3) is 0.294. The fourth-order valence-electron chi connectivity index (χ4n) is 2.76. The zero-order chi connectivity index (χ0) is 14.1. The van der Waals surface area contributed by atoms with E-state index in [-0.39, 0.29) is 6.04 Å². The Morgan fingerprint density at radius 3 is 2.65 bits per heavy atom. The molecule has 2 aromatic carbocycles. The van der Waals surface area contributed by atoms with Gasteiger partial charge in [0.2, 0.25) is 0 Å². The molecule has 0 amide bonds. The van der Waals surface area contributed by atoms with Crippen LogP contribution in [-0.2, 0) is 13.0 Å². The molecule has 1 aliphatic rings. The first-order valence-corrected chi connectivity index (χ1v) is 7.05. The number of phenols is 1. The zero-order valence-electron chi connectivity index (χ0n) is 11.7. The van der Waals surface area contributed by atoms with E-state index in [0.717, 1.165) is 19.5 Å². The van der Waals surface area contributed by atoms with E-state index in [1.807, 2.05) is 19.1 Å². The summed E-state index contributed by atoms with van der Waals surface area (Å²) in [6, 6.07) is 14.1. The number of aromatic hydroxyl groups is 1. The smallest absolute Gasteiger partial charge is 0.115 e. The summed E-state index contributed by atoms with van der Waals surface area (Å²) in [6.45, 7) is 3.94. The Bertz CT molecular complexity index is 605. The van der Waals surface area contributed by atoms with Crippen LogP contribution in [0.5, 0.6) is 5.75 Å². The molecule has 3 N–H and O–H groups in total. The number of fused-ring (bicyclic) bond motifs is 1. The molecule has 0 spiro atoms. The molecule has 0 aromatic heterocycles. The SMILES string of the molecule is CC(N)c1ccc2c(c1)CCN2Cc1ccc(O)cc1. The first kappa shape index (κ1) is 13.0. The van der Waals surface area contributed by atoms with E-state index in [0.29, 0.717) is 5.75 Å². The average molecular weight is 268 g/mol. The summed E-state index contributed by atoms with van der Waals surface area (Å²) in [6.07, 6.45) is 1.08. The molecule has 0 radical (unpaired) electrons. The normalized spacial score (nSPS) is 15.2. The van der Waals surface area contributed by atoms with Gasteiger partial charge in [-0.15, -0.1) is 0 Å². The van der Waals surface area contributed by atoms with Crippen LogP contribution in [0.3, 0.4) is 0 Å². The maximum atomic E-state index is 9.33. The molecule has 2 aromatic rings. The van der Waals surface area contributed by atoms with Crippen molar-refractivity contribution in [3.05, 3.63) is 59.2 Å². The van der Waals surface area contributed by atoms with E-state index >= 15 is 0 Å². The van der Waals surface area contributed by atoms with Crippen LogP contribution >= 0.6 is 0 Å². The molecule has 104 valence electrons. The van der Waals surface area contributed by atoms with E-state index < -0.39 is 0 Å². The van der Waals surface area contributed by atoms with Crippen LogP contribution in [0.1, 0.15) is 29.7 Å². The van der Waals surface area contributed by atoms with E-state index in [1.54, 1.807) is 12.1 Å². The molecule has 0 fully saturated rings. The number of hydrogen-bond donors (Lipinski definition) is 2. The number of rotatable bonds is 3. The third-order valence-electron chi connectivity index (χ3n) is 3.93. The molecule has 1 aliphatic heterocycles. The van der Waals surface area contributed by atoms with Gasteiger partial charge in [0, 0.05) is 24.8 Å². The molecule has 1 atom stereocenters. The van der Waals surface area contributed by atoms with Gasteiger partial charge in [0.25, 0.3) is 0 Å². The third-order valence-corrected chi connectivity index (χ3v) is 3.93. The summed E-state index contributed by atoms with van der Waals surface area (Å²) < 4.78 is 0. The topological polar surface area (TPSA) is 49.5 Å². The zero-order valence-corrected chi connectivity index (χ0v) is 11.7. The largest absolute Gasteiger partial charge is 0.508 e. The van der Waals surface area contributed by atoms with E-state index in [1.165, 1.54) is 22.4 Å². The summed E-state index contributed by atoms with van der Waals surface area (Å²) in [5.41, 5.74) is 11.1. The maximum absolute atomic E-state index is 9.33. The highest BCUT2D eigenvalue weighted by Gasteiger charge is 2.19. The first-order chi connectivity index (χ1) is 9.63. The van der Waals surface area contributed by atoms with Crippen molar-refractivity contribution in [2.45, 2.75) is 25.9 Å². The molecule has 3 heteroatoms. The summed E-state index contributed by atoms with van der Waals surface area (Å²) in [7, 11) is 0. The molecular formula is C17H20N2O. The lowest BCUT2D eigenvalue weighted by molar-refractivity contribution is 0.475. The van der Waals surface area contributed by atoms with Crippen molar-refractivity contribution in [2.75, 3.05) is 11.4 Å². The van der Waals surface area contributed by atoms with E-state index in [2.05, 4.69) is 23.1 Å². The predicted molar refractivity (Wildman–Crippen MR) is 81.9 cm³/mol. The van der Waals surface area contributed by atoms with Crippen LogP contribution in [0.25, 0.3) is 0 Å². The van der Waals surface area contributed by atoms with Gasteiger partial charge in [0.15, 0.2) is 0 Å². The van der Waals surface area contributed by atoms with Crippen molar-refractivity contribution in [3.8, 4) is 5.75 Å². The van der Waals surface area contributed by atoms with Gasteiger partial charge in [-0.3, -0.25) is 0 Å². The Hall–Kier alpha value is -2.00. The number of nitrogens with two attached hydrogens (primary N) is 1. The Balaban J connectivity index is 1.81. The van der Waals surface area contributed by atoms with Gasteiger partial charge < -0.3 is 15.7 Å². The average Bonchev–Trinajstić information content (AvgIpc) is 2.84. The van der Waals surface area contributed by atoms with Gasteiger partial charge >= 0.3 is 0 Å². The lowest BCUT2D eigenvalue weighted by atomic mass is 10.0. The van der Waals surface area contributed by atoms with Gasteiger partial charge in [-0.2, -0.15) is 0 Å². The number of benzene rings is 2. The molecule has 3 nitrogen and oxygen atoms in total. The second-order valence-corrected chi connectivity index (χ2v) is 5.51. The molecule has 20 heavy (non-hydrogen) atoms. The second-order valence-electron chi connectivity index (χ2n) is 5.51. The standard InChI is InChI=1S/C17H20N2O/c1-12(18)14-4-7-17-15(10-14)8-9-19(17)11-13-2-5-16(20)6-3-13/h2-7,10,12,20H,8-9,11,18H2,1H3. The summed E-state index contributed by atoms with van der Waals surface area (Å²) >= 11 is 0. The molecule has 1 unspecified atom stereocenters. The first-order valence-electron chi connectivity index (χ1n) is 7.05. The Morgan fingerprint density at radius 2 is 1.95 bits per heavy atom. The van der Waals surface area contributed by atoms with Gasteiger partial charge in [0.05, 0.1) is 0 Å². The Kier molecular flexibility index (Phi) is 3.36. The van der Waals surface area contributed by atoms with Crippen molar-refractivity contribution in [1.82, 2.24) is 0 Å². The highest BCUT2D eigenvalue weighted by molar-refractivity contribution is 5.59. The monoisotopic (exact) mass is 268 g/mol. The number of hydrogen-bond acceptors (Lipinski definition) is 3. The number of nitrogens with zero attached hydrogens (tertiary/aromatic N) is 1. The van der Waals surface area contributed by atoms with Crippen LogP contribution < -0.4 is 10.6 Å². The molecule has 3 rings (SSSR count). The molecule has 0 bridgehead atoms. The van der Waals surface area contributed by atoms with Crippen molar-refractivity contribution < 1.29 is 5.11 Å². The van der Waals surface area contributed by atoms with Crippen LogP contribution in [0, 0.1) is 0 Å². The van der Waals surface area contributed by atoms with Gasteiger partial charge in [0.1, 0.15) is 5.75 Å². The Labute approximate surface area is 119 Å². The minimum absolute atomic E-state index is 0.0893. The second kappa shape index (κ2) is 5.17. The van der Waals surface area contributed by atoms with Crippen LogP contribution in [0.15, 0.2) is 42.5 Å². The van der Waals surface area contributed by atoms with Crippen molar-refractivity contribution >= 4 is 5.69 Å². The lowest BCUT2D eigenvalue weighted by Crippen LogP contribution is -2.19.